The van der Waals surface area contributed by atoms with Gasteiger partial charge in [-0.1, -0.05) is 110 Å². The standard InChI is InChI=1S/C36H42N2O2/c1-25-19-31(35(39)33(21-25)27(3)29-11-7-5-8-12-29)23-37-15-17-38(18-16-37)24-32-20-26(2)22-34(36(32)40)28(4)30-13-9-6-10-14-30/h5-14,19-22,27-28,39-40H,15-18,23-24H2,1-4H3/t27-,28+. The molecule has 0 aromatic heterocycles. The average Bonchev–Trinajstić information content (AvgIpc) is 2.97. The highest BCUT2D eigenvalue weighted by Crippen LogP contribution is 2.37. The quantitative estimate of drug-likeness (QED) is 0.248. The summed E-state index contributed by atoms with van der Waals surface area (Å²) in [4.78, 5) is 4.86. The fourth-order valence-corrected chi connectivity index (χ4v) is 6.10. The molecule has 0 bridgehead atoms. The highest BCUT2D eigenvalue weighted by molar-refractivity contribution is 5.49. The summed E-state index contributed by atoms with van der Waals surface area (Å²) < 4.78 is 0. The van der Waals surface area contributed by atoms with Crippen LogP contribution in [-0.4, -0.2) is 46.2 Å². The van der Waals surface area contributed by atoms with Gasteiger partial charge >= 0.3 is 0 Å². The van der Waals surface area contributed by atoms with E-state index in [1.54, 1.807) is 0 Å². The number of nitrogens with zero attached hydrogens (tertiary/aromatic N) is 2. The third kappa shape index (κ3) is 6.24. The van der Waals surface area contributed by atoms with Gasteiger partial charge in [0.2, 0.25) is 0 Å². The molecule has 1 saturated heterocycles. The molecule has 0 radical (unpaired) electrons. The van der Waals surface area contributed by atoms with Crippen LogP contribution >= 0.6 is 0 Å². The SMILES string of the molecule is Cc1cc(CN2CCN(Cc3cc(C)cc([C@@H](C)c4ccccc4)c3O)CC2)c(O)c([C@H](C)c2ccccc2)c1. The lowest BCUT2D eigenvalue weighted by Crippen LogP contribution is -2.45. The van der Waals surface area contributed by atoms with Gasteiger partial charge in [0, 0.05) is 73.4 Å². The molecule has 2 atom stereocenters. The van der Waals surface area contributed by atoms with Gasteiger partial charge in [-0.15, -0.1) is 0 Å². The van der Waals surface area contributed by atoms with Crippen LogP contribution in [0.15, 0.2) is 84.9 Å². The molecule has 4 aromatic carbocycles. The molecule has 2 N–H and O–H groups in total. The summed E-state index contributed by atoms with van der Waals surface area (Å²) in [5, 5.41) is 22.5. The van der Waals surface area contributed by atoms with Crippen molar-refractivity contribution in [3.63, 3.8) is 0 Å². The van der Waals surface area contributed by atoms with Gasteiger partial charge in [-0.25, -0.2) is 0 Å². The molecular weight excluding hydrogens is 492 g/mol. The molecule has 1 heterocycles. The number of aromatic hydroxyl groups is 2. The van der Waals surface area contributed by atoms with Gasteiger partial charge in [0.15, 0.2) is 0 Å². The lowest BCUT2D eigenvalue weighted by Gasteiger charge is -2.35. The van der Waals surface area contributed by atoms with Crippen LogP contribution in [0.25, 0.3) is 0 Å². The summed E-state index contributed by atoms with van der Waals surface area (Å²) in [6.07, 6.45) is 0. The number of hydrogen-bond donors (Lipinski definition) is 2. The Balaban J connectivity index is 1.25. The first-order valence-electron chi connectivity index (χ1n) is 14.5. The first-order chi connectivity index (χ1) is 19.3. The van der Waals surface area contributed by atoms with Crippen molar-refractivity contribution in [2.24, 2.45) is 0 Å². The summed E-state index contributed by atoms with van der Waals surface area (Å²) in [6.45, 7) is 13.8. The molecule has 0 saturated carbocycles. The molecular formula is C36H42N2O2. The molecule has 1 aliphatic heterocycles. The van der Waals surface area contributed by atoms with E-state index in [1.807, 2.05) is 12.1 Å². The summed E-state index contributed by atoms with van der Waals surface area (Å²) in [7, 11) is 0. The smallest absolute Gasteiger partial charge is 0.123 e. The van der Waals surface area contributed by atoms with Gasteiger partial charge in [0.1, 0.15) is 11.5 Å². The van der Waals surface area contributed by atoms with Gasteiger partial charge < -0.3 is 10.2 Å². The zero-order valence-corrected chi connectivity index (χ0v) is 24.3. The fraction of sp³-hybridized carbons (Fsp3) is 0.333. The van der Waals surface area contributed by atoms with Gasteiger partial charge in [-0.05, 0) is 25.0 Å². The van der Waals surface area contributed by atoms with Crippen molar-refractivity contribution in [2.75, 3.05) is 26.2 Å². The molecule has 5 rings (SSSR count). The largest absolute Gasteiger partial charge is 0.507 e. The van der Waals surface area contributed by atoms with Gasteiger partial charge in [-0.2, -0.15) is 0 Å². The molecule has 40 heavy (non-hydrogen) atoms. The topological polar surface area (TPSA) is 46.9 Å². The predicted molar refractivity (Wildman–Crippen MR) is 164 cm³/mol. The van der Waals surface area contributed by atoms with Crippen molar-refractivity contribution in [3.05, 3.63) is 129 Å². The van der Waals surface area contributed by atoms with Gasteiger partial charge in [0.25, 0.3) is 0 Å². The number of rotatable bonds is 8. The van der Waals surface area contributed by atoms with Crippen molar-refractivity contribution in [3.8, 4) is 11.5 Å². The fourth-order valence-electron chi connectivity index (χ4n) is 6.10. The monoisotopic (exact) mass is 534 g/mol. The van der Waals surface area contributed by atoms with Crippen molar-refractivity contribution in [1.29, 1.82) is 0 Å². The van der Waals surface area contributed by atoms with E-state index in [0.29, 0.717) is 11.5 Å². The van der Waals surface area contributed by atoms with Crippen LogP contribution in [0.1, 0.15) is 70.2 Å². The van der Waals surface area contributed by atoms with E-state index >= 15 is 0 Å². The van der Waals surface area contributed by atoms with Crippen molar-refractivity contribution in [2.45, 2.75) is 52.6 Å². The third-order valence-electron chi connectivity index (χ3n) is 8.51. The van der Waals surface area contributed by atoms with Crippen LogP contribution in [0, 0.1) is 13.8 Å². The number of phenols is 2. The average molecular weight is 535 g/mol. The summed E-state index contributed by atoms with van der Waals surface area (Å²) in [5.74, 6) is 1.12. The summed E-state index contributed by atoms with van der Waals surface area (Å²) in [6, 6.07) is 29.3. The highest BCUT2D eigenvalue weighted by atomic mass is 16.3. The van der Waals surface area contributed by atoms with Gasteiger partial charge in [-0.3, -0.25) is 9.80 Å². The first-order valence-corrected chi connectivity index (χ1v) is 14.5. The van der Waals surface area contributed by atoms with E-state index in [1.165, 1.54) is 22.3 Å². The Morgan fingerprint density at radius 2 is 0.925 bits per heavy atom. The van der Waals surface area contributed by atoms with E-state index in [2.05, 4.69) is 110 Å². The van der Waals surface area contributed by atoms with Crippen molar-refractivity contribution >= 4 is 0 Å². The maximum atomic E-state index is 11.3. The minimum Gasteiger partial charge on any atom is -0.507 e. The van der Waals surface area contributed by atoms with Crippen LogP contribution in [0.3, 0.4) is 0 Å². The van der Waals surface area contributed by atoms with Crippen LogP contribution < -0.4 is 0 Å². The van der Waals surface area contributed by atoms with E-state index in [4.69, 9.17) is 0 Å². The maximum Gasteiger partial charge on any atom is 0.123 e. The molecule has 0 spiro atoms. The number of benzene rings is 4. The second kappa shape index (κ2) is 12.3. The normalized spacial score (nSPS) is 16.1. The Kier molecular flexibility index (Phi) is 8.58. The molecule has 4 heteroatoms. The zero-order valence-electron chi connectivity index (χ0n) is 24.3. The summed E-state index contributed by atoms with van der Waals surface area (Å²) in [5.41, 5.74) is 8.78. The van der Waals surface area contributed by atoms with E-state index < -0.39 is 0 Å². The molecule has 1 fully saturated rings. The second-order valence-electron chi connectivity index (χ2n) is 11.5. The third-order valence-corrected chi connectivity index (χ3v) is 8.51. The lowest BCUT2D eigenvalue weighted by atomic mass is 9.89. The Bertz CT molecular complexity index is 1320. The van der Waals surface area contributed by atoms with Crippen LogP contribution in [-0.2, 0) is 13.1 Å². The van der Waals surface area contributed by atoms with Crippen molar-refractivity contribution in [1.82, 2.24) is 9.80 Å². The maximum absolute atomic E-state index is 11.3. The van der Waals surface area contributed by atoms with Crippen LogP contribution in [0.5, 0.6) is 11.5 Å². The molecule has 4 nitrogen and oxygen atoms in total. The molecule has 4 aromatic rings. The first kappa shape index (κ1) is 27.9. The molecule has 1 aliphatic rings. The minimum atomic E-state index is 0.133. The molecule has 0 unspecified atom stereocenters. The zero-order chi connectivity index (χ0) is 28.2. The van der Waals surface area contributed by atoms with Crippen molar-refractivity contribution < 1.29 is 10.2 Å². The predicted octanol–water partition coefficient (Wildman–Crippen LogP) is 7.34. The van der Waals surface area contributed by atoms with E-state index in [9.17, 15) is 10.2 Å². The number of hydrogen-bond acceptors (Lipinski definition) is 4. The molecule has 0 aliphatic carbocycles. The number of piperazine rings is 1. The van der Waals surface area contributed by atoms with Crippen LogP contribution in [0.4, 0.5) is 0 Å². The Morgan fingerprint density at radius 3 is 1.27 bits per heavy atom. The van der Waals surface area contributed by atoms with Crippen LogP contribution in [0.2, 0.25) is 0 Å². The lowest BCUT2D eigenvalue weighted by molar-refractivity contribution is 0.120. The Morgan fingerprint density at radius 1 is 0.575 bits per heavy atom. The van der Waals surface area contributed by atoms with Gasteiger partial charge in [0.05, 0.1) is 0 Å². The number of aryl methyl sites for hydroxylation is 2. The second-order valence-corrected chi connectivity index (χ2v) is 11.5. The minimum absolute atomic E-state index is 0.133. The Hall–Kier alpha value is -3.60. The highest BCUT2D eigenvalue weighted by Gasteiger charge is 2.23. The Labute approximate surface area is 239 Å². The van der Waals surface area contributed by atoms with E-state index in [-0.39, 0.29) is 11.8 Å². The number of phenolic OH excluding ortho intramolecular Hbond substituents is 2. The molecule has 0 amide bonds. The molecule has 208 valence electrons. The van der Waals surface area contributed by atoms with E-state index in [0.717, 1.165) is 61.5 Å². The summed E-state index contributed by atoms with van der Waals surface area (Å²) >= 11 is 0.